The highest BCUT2D eigenvalue weighted by Crippen LogP contribution is 2.37. The molecule has 1 aliphatic rings. The lowest BCUT2D eigenvalue weighted by atomic mass is 9.85. The van der Waals surface area contributed by atoms with Crippen molar-refractivity contribution in [1.29, 1.82) is 0 Å². The minimum absolute atomic E-state index is 0.0449. The van der Waals surface area contributed by atoms with Crippen molar-refractivity contribution in [2.24, 2.45) is 11.8 Å². The number of carboxylic acid groups (broad SMARTS) is 1. The first-order valence-electron chi connectivity index (χ1n) is 12.3. The third kappa shape index (κ3) is 5.37. The van der Waals surface area contributed by atoms with Gasteiger partial charge in [-0.15, -0.1) is 11.3 Å². The Morgan fingerprint density at radius 3 is 2.76 bits per heavy atom. The fourth-order valence-corrected chi connectivity index (χ4v) is 5.87. The topological polar surface area (TPSA) is 72.2 Å². The van der Waals surface area contributed by atoms with Gasteiger partial charge >= 0.3 is 5.97 Å². The number of benzene rings is 1. The molecular weight excluding hydrogens is 432 g/mol. The highest BCUT2D eigenvalue weighted by Gasteiger charge is 2.28. The third-order valence-electron chi connectivity index (χ3n) is 7.08. The van der Waals surface area contributed by atoms with Crippen LogP contribution in [0.15, 0.2) is 35.7 Å². The van der Waals surface area contributed by atoms with E-state index >= 15 is 0 Å². The van der Waals surface area contributed by atoms with E-state index in [2.05, 4.69) is 29.0 Å². The molecule has 0 saturated heterocycles. The fourth-order valence-electron chi connectivity index (χ4n) is 5.17. The number of imidazole rings is 1. The van der Waals surface area contributed by atoms with Gasteiger partial charge in [0, 0.05) is 29.3 Å². The van der Waals surface area contributed by atoms with Crippen LogP contribution in [0, 0.1) is 11.8 Å². The van der Waals surface area contributed by atoms with Crippen molar-refractivity contribution < 1.29 is 14.7 Å². The number of carbonyl (C=O) groups excluding carboxylic acids is 1. The Bertz CT molecular complexity index is 1100. The number of hydrogen-bond donors (Lipinski definition) is 1. The van der Waals surface area contributed by atoms with Crippen LogP contribution in [0.3, 0.4) is 0 Å². The summed E-state index contributed by atoms with van der Waals surface area (Å²) in [5.74, 6) is 0.0345. The van der Waals surface area contributed by atoms with Gasteiger partial charge in [0.25, 0.3) is 0 Å². The van der Waals surface area contributed by atoms with Gasteiger partial charge in [0.05, 0.1) is 17.0 Å². The van der Waals surface area contributed by atoms with Crippen molar-refractivity contribution in [3.63, 3.8) is 0 Å². The molecule has 3 atom stereocenters. The molecule has 5 nitrogen and oxygen atoms in total. The smallest absolute Gasteiger partial charge is 0.306 e. The summed E-state index contributed by atoms with van der Waals surface area (Å²) in [5, 5.41) is 11.6. The Morgan fingerprint density at radius 1 is 1.24 bits per heavy atom. The lowest BCUT2D eigenvalue weighted by Crippen LogP contribution is -2.23. The lowest BCUT2D eigenvalue weighted by molar-refractivity contribution is -0.141. The summed E-state index contributed by atoms with van der Waals surface area (Å²) < 4.78 is 2.43. The van der Waals surface area contributed by atoms with Crippen molar-refractivity contribution in [2.75, 3.05) is 0 Å². The highest BCUT2D eigenvalue weighted by molar-refractivity contribution is 7.09. The van der Waals surface area contributed by atoms with Crippen LogP contribution in [0.2, 0.25) is 0 Å². The number of fused-ring (bicyclic) bond motifs is 1. The number of ketones is 1. The van der Waals surface area contributed by atoms with Crippen molar-refractivity contribution >= 4 is 34.1 Å². The number of nitrogens with zero attached hydrogens (tertiary/aromatic N) is 2. The van der Waals surface area contributed by atoms with Gasteiger partial charge in [-0.3, -0.25) is 9.59 Å². The standard InChI is InChI=1S/C27H34N2O3S/c1-3-4-9-20(27(31)32)16-25(30)19-12-13-24-22(15-19)28-26(17-21-10-7-14-33-21)29(24)23-11-6-5-8-18(23)2/h7,10,12-15,18,20,23H,3-6,8-9,11,16-17H2,1-2H3,(H,31,32)/t18?,20-,23?/m1/s1. The molecule has 1 N–H and O–H groups in total. The number of hydrogen-bond acceptors (Lipinski definition) is 4. The molecule has 6 heteroatoms. The average molecular weight is 467 g/mol. The molecular formula is C27H34N2O3S. The molecule has 176 valence electrons. The average Bonchev–Trinajstić information content (AvgIpc) is 3.44. The molecule has 1 saturated carbocycles. The van der Waals surface area contributed by atoms with Crippen molar-refractivity contribution in [1.82, 2.24) is 9.55 Å². The van der Waals surface area contributed by atoms with E-state index in [0.717, 1.165) is 42.5 Å². The maximum absolute atomic E-state index is 13.0. The van der Waals surface area contributed by atoms with Crippen LogP contribution in [0.25, 0.3) is 11.0 Å². The van der Waals surface area contributed by atoms with E-state index < -0.39 is 11.9 Å². The van der Waals surface area contributed by atoms with Crippen LogP contribution >= 0.6 is 11.3 Å². The first kappa shape index (κ1) is 23.7. The van der Waals surface area contributed by atoms with Crippen molar-refractivity contribution in [3.8, 4) is 0 Å². The zero-order chi connectivity index (χ0) is 23.4. The van der Waals surface area contributed by atoms with E-state index in [1.165, 1.54) is 24.1 Å². The Morgan fingerprint density at radius 2 is 2.06 bits per heavy atom. The second-order valence-corrected chi connectivity index (χ2v) is 10.5. The predicted octanol–water partition coefficient (Wildman–Crippen LogP) is 6.90. The molecule has 4 rings (SSSR count). The molecule has 0 spiro atoms. The van der Waals surface area contributed by atoms with Gasteiger partial charge in [-0.25, -0.2) is 4.98 Å². The van der Waals surface area contributed by atoms with E-state index in [1.54, 1.807) is 11.3 Å². The van der Waals surface area contributed by atoms with E-state index in [-0.39, 0.29) is 12.2 Å². The molecule has 2 unspecified atom stereocenters. The molecule has 0 aliphatic heterocycles. The second-order valence-electron chi connectivity index (χ2n) is 9.49. The third-order valence-corrected chi connectivity index (χ3v) is 7.96. The van der Waals surface area contributed by atoms with Crippen LogP contribution in [0.5, 0.6) is 0 Å². The molecule has 0 bridgehead atoms. The SMILES string of the molecule is CCCC[C@H](CC(=O)c1ccc2c(c1)nc(Cc1cccs1)n2C1CCCCC1C)C(=O)O. The number of Topliss-reactive ketones (excluding diaryl/α,β-unsaturated/α-hetero) is 1. The Balaban J connectivity index is 1.67. The molecule has 0 radical (unpaired) electrons. The van der Waals surface area contributed by atoms with Gasteiger partial charge in [0.15, 0.2) is 5.78 Å². The van der Waals surface area contributed by atoms with Gasteiger partial charge in [-0.2, -0.15) is 0 Å². The Labute approximate surface area is 199 Å². The van der Waals surface area contributed by atoms with Gasteiger partial charge in [0.2, 0.25) is 0 Å². The number of unbranched alkanes of at least 4 members (excludes halogenated alkanes) is 1. The first-order valence-corrected chi connectivity index (χ1v) is 13.1. The number of thiophene rings is 1. The predicted molar refractivity (Wildman–Crippen MR) is 133 cm³/mol. The summed E-state index contributed by atoms with van der Waals surface area (Å²) in [6, 6.07) is 10.4. The summed E-state index contributed by atoms with van der Waals surface area (Å²) in [4.78, 5) is 30.9. The zero-order valence-corrected chi connectivity index (χ0v) is 20.4. The molecule has 1 aliphatic carbocycles. The van der Waals surface area contributed by atoms with Crippen LogP contribution in [0.4, 0.5) is 0 Å². The molecule has 1 aromatic carbocycles. The minimum Gasteiger partial charge on any atom is -0.481 e. The van der Waals surface area contributed by atoms with E-state index in [9.17, 15) is 14.7 Å². The molecule has 1 fully saturated rings. The molecule has 33 heavy (non-hydrogen) atoms. The van der Waals surface area contributed by atoms with Gasteiger partial charge < -0.3 is 9.67 Å². The van der Waals surface area contributed by atoms with Gasteiger partial charge in [0.1, 0.15) is 5.82 Å². The summed E-state index contributed by atoms with van der Waals surface area (Å²) in [5.41, 5.74) is 2.48. The van der Waals surface area contributed by atoms with Crippen molar-refractivity contribution in [2.45, 2.75) is 77.7 Å². The number of carbonyl (C=O) groups is 2. The van der Waals surface area contributed by atoms with Crippen LogP contribution in [-0.2, 0) is 11.2 Å². The highest BCUT2D eigenvalue weighted by atomic mass is 32.1. The monoisotopic (exact) mass is 466 g/mol. The van der Waals surface area contributed by atoms with Gasteiger partial charge in [-0.05, 0) is 54.8 Å². The second kappa shape index (κ2) is 10.6. The number of aromatic nitrogens is 2. The fraction of sp³-hybridized carbons (Fsp3) is 0.519. The van der Waals surface area contributed by atoms with E-state index in [1.807, 2.05) is 25.1 Å². The molecule has 2 aromatic heterocycles. The lowest BCUT2D eigenvalue weighted by Gasteiger charge is -2.31. The molecule has 0 amide bonds. The Hall–Kier alpha value is -2.47. The van der Waals surface area contributed by atoms with Crippen LogP contribution in [0.1, 0.15) is 92.3 Å². The normalized spacial score (nSPS) is 19.6. The maximum atomic E-state index is 13.0. The molecule has 3 aromatic rings. The quantitative estimate of drug-likeness (QED) is 0.330. The van der Waals surface area contributed by atoms with Gasteiger partial charge in [-0.1, -0.05) is 45.6 Å². The zero-order valence-electron chi connectivity index (χ0n) is 19.6. The minimum atomic E-state index is -0.883. The summed E-state index contributed by atoms with van der Waals surface area (Å²) >= 11 is 1.74. The summed E-state index contributed by atoms with van der Waals surface area (Å²) in [6.45, 7) is 4.37. The van der Waals surface area contributed by atoms with E-state index in [0.29, 0.717) is 23.9 Å². The van der Waals surface area contributed by atoms with Crippen LogP contribution < -0.4 is 0 Å². The summed E-state index contributed by atoms with van der Waals surface area (Å²) in [6.07, 6.45) is 8.02. The summed E-state index contributed by atoms with van der Waals surface area (Å²) in [7, 11) is 0. The largest absolute Gasteiger partial charge is 0.481 e. The Kier molecular flexibility index (Phi) is 7.63. The van der Waals surface area contributed by atoms with Crippen molar-refractivity contribution in [3.05, 3.63) is 52.0 Å². The molecule has 2 heterocycles. The number of carboxylic acids is 1. The number of aliphatic carboxylic acids is 1. The number of rotatable bonds is 10. The van der Waals surface area contributed by atoms with Crippen LogP contribution in [-0.4, -0.2) is 26.4 Å². The maximum Gasteiger partial charge on any atom is 0.306 e. The van der Waals surface area contributed by atoms with E-state index in [4.69, 9.17) is 4.98 Å². The first-order chi connectivity index (χ1) is 16.0.